The molecule has 0 aliphatic carbocycles. The fraction of sp³-hybridized carbons (Fsp3) is 0.889. The lowest BCUT2D eigenvalue weighted by atomic mass is 10.4. The largest absolute Gasteiger partial charge is 0.342 e. The predicted molar refractivity (Wildman–Crippen MR) is 54.8 cm³/mol. The van der Waals surface area contributed by atoms with Crippen LogP contribution in [-0.2, 0) is 14.6 Å². The van der Waals surface area contributed by atoms with Crippen molar-refractivity contribution in [1.29, 1.82) is 0 Å². The summed E-state index contributed by atoms with van der Waals surface area (Å²) in [5.41, 5.74) is 0. The molecule has 1 heterocycles. The van der Waals surface area contributed by atoms with E-state index in [4.69, 9.17) is 0 Å². The van der Waals surface area contributed by atoms with Gasteiger partial charge in [-0.2, -0.15) is 0 Å². The van der Waals surface area contributed by atoms with Crippen molar-refractivity contribution in [2.75, 3.05) is 24.6 Å². The molecule has 0 aromatic heterocycles. The van der Waals surface area contributed by atoms with Gasteiger partial charge in [0.2, 0.25) is 5.91 Å². The van der Waals surface area contributed by atoms with Crippen molar-refractivity contribution in [1.82, 2.24) is 4.90 Å². The minimum atomic E-state index is -3.16. The molecule has 0 atom stereocenters. The Morgan fingerprint density at radius 1 is 1.29 bits per heavy atom. The van der Waals surface area contributed by atoms with Crippen molar-refractivity contribution in [2.45, 2.75) is 26.2 Å². The number of carbonyl (C=O) groups excluding carboxylic acids is 1. The smallest absolute Gasteiger partial charge is 0.237 e. The summed E-state index contributed by atoms with van der Waals surface area (Å²) in [6.45, 7) is 3.25. The molecule has 1 rings (SSSR count). The third-order valence-corrected chi connectivity index (χ3v) is 4.03. The zero-order valence-electron chi connectivity index (χ0n) is 8.53. The van der Waals surface area contributed by atoms with Crippen molar-refractivity contribution in [3.05, 3.63) is 0 Å². The van der Waals surface area contributed by atoms with Crippen LogP contribution in [0.2, 0.25) is 0 Å². The normalized spacial score (nSPS) is 17.4. The molecular weight excluding hydrogens is 202 g/mol. The van der Waals surface area contributed by atoms with Gasteiger partial charge in [0.25, 0.3) is 0 Å². The van der Waals surface area contributed by atoms with Crippen LogP contribution in [0.5, 0.6) is 0 Å². The Labute approximate surface area is 85.2 Å². The molecule has 1 amide bonds. The van der Waals surface area contributed by atoms with Crippen LogP contribution in [0.4, 0.5) is 0 Å². The maximum atomic E-state index is 11.5. The van der Waals surface area contributed by atoms with Crippen LogP contribution in [0, 0.1) is 0 Å². The summed E-state index contributed by atoms with van der Waals surface area (Å²) in [4.78, 5) is 13.1. The number of hydrogen-bond donors (Lipinski definition) is 0. The Morgan fingerprint density at radius 3 is 2.36 bits per heavy atom. The summed E-state index contributed by atoms with van der Waals surface area (Å²) in [7, 11) is -3.16. The van der Waals surface area contributed by atoms with Crippen LogP contribution in [0.3, 0.4) is 0 Å². The van der Waals surface area contributed by atoms with E-state index in [2.05, 4.69) is 0 Å². The van der Waals surface area contributed by atoms with Crippen LogP contribution in [0.15, 0.2) is 0 Å². The van der Waals surface area contributed by atoms with E-state index >= 15 is 0 Å². The number of hydrogen-bond acceptors (Lipinski definition) is 3. The Kier molecular flexibility index (Phi) is 3.92. The van der Waals surface area contributed by atoms with Gasteiger partial charge < -0.3 is 4.90 Å². The third-order valence-electron chi connectivity index (χ3n) is 2.32. The van der Waals surface area contributed by atoms with Crippen LogP contribution in [0.25, 0.3) is 0 Å². The molecule has 0 bridgehead atoms. The molecule has 0 spiro atoms. The molecule has 14 heavy (non-hydrogen) atoms. The van der Waals surface area contributed by atoms with Crippen LogP contribution in [-0.4, -0.2) is 43.8 Å². The van der Waals surface area contributed by atoms with E-state index < -0.39 is 9.84 Å². The minimum absolute atomic E-state index is 0.118. The average Bonchev–Trinajstić information content (AvgIpc) is 2.53. The monoisotopic (exact) mass is 219 g/mol. The maximum Gasteiger partial charge on any atom is 0.237 e. The second-order valence-corrected chi connectivity index (χ2v) is 5.86. The summed E-state index contributed by atoms with van der Waals surface area (Å²) in [6.07, 6.45) is 2.58. The Bertz CT molecular complexity index is 291. The molecule has 0 aromatic carbocycles. The summed E-state index contributed by atoms with van der Waals surface area (Å²) in [5, 5.41) is 0. The summed E-state index contributed by atoms with van der Waals surface area (Å²) in [5.74, 6) is -0.413. The van der Waals surface area contributed by atoms with E-state index in [1.54, 1.807) is 11.8 Å². The second-order valence-electron chi connectivity index (χ2n) is 3.68. The van der Waals surface area contributed by atoms with Crippen molar-refractivity contribution < 1.29 is 13.2 Å². The first-order valence-corrected chi connectivity index (χ1v) is 6.85. The molecule has 0 saturated carbocycles. The number of likely N-dealkylation sites (tertiary alicyclic amines) is 1. The van der Waals surface area contributed by atoms with Crippen molar-refractivity contribution in [2.24, 2.45) is 0 Å². The lowest BCUT2D eigenvalue weighted by Crippen LogP contribution is -2.34. The quantitative estimate of drug-likeness (QED) is 0.689. The van der Waals surface area contributed by atoms with Gasteiger partial charge in [-0.05, 0) is 19.3 Å². The molecule has 0 unspecified atom stereocenters. The first-order chi connectivity index (χ1) is 6.55. The highest BCUT2D eigenvalue weighted by molar-refractivity contribution is 7.92. The molecule has 4 nitrogen and oxygen atoms in total. The van der Waals surface area contributed by atoms with Gasteiger partial charge >= 0.3 is 0 Å². The molecular formula is C9H17NO3S. The van der Waals surface area contributed by atoms with E-state index in [-0.39, 0.29) is 17.4 Å². The first kappa shape index (κ1) is 11.5. The van der Waals surface area contributed by atoms with E-state index in [9.17, 15) is 13.2 Å². The number of nitrogens with zero attached hydrogens (tertiary/aromatic N) is 1. The molecule has 5 heteroatoms. The fourth-order valence-corrected chi connectivity index (χ4v) is 2.95. The standard InChI is InChI=1S/C9H17NO3S/c1-2-7-14(12,13)8-9(11)10-5-3-4-6-10/h2-8H2,1H3. The summed E-state index contributed by atoms with van der Waals surface area (Å²) in [6, 6.07) is 0. The predicted octanol–water partition coefficient (Wildman–Crippen LogP) is 0.434. The highest BCUT2D eigenvalue weighted by Crippen LogP contribution is 2.08. The van der Waals surface area contributed by atoms with E-state index in [1.165, 1.54) is 0 Å². The molecule has 1 saturated heterocycles. The summed E-state index contributed by atoms with van der Waals surface area (Å²) < 4.78 is 22.7. The third kappa shape index (κ3) is 3.29. The molecule has 0 N–H and O–H groups in total. The lowest BCUT2D eigenvalue weighted by Gasteiger charge is -2.14. The topological polar surface area (TPSA) is 54.5 Å². The first-order valence-electron chi connectivity index (χ1n) is 5.03. The Morgan fingerprint density at radius 2 is 1.86 bits per heavy atom. The highest BCUT2D eigenvalue weighted by atomic mass is 32.2. The van der Waals surface area contributed by atoms with E-state index in [1.807, 2.05) is 0 Å². The SMILES string of the molecule is CCCS(=O)(=O)CC(=O)N1CCCC1. The Hall–Kier alpha value is -0.580. The number of rotatable bonds is 4. The Balaban J connectivity index is 2.47. The van der Waals surface area contributed by atoms with Crippen molar-refractivity contribution >= 4 is 15.7 Å². The van der Waals surface area contributed by atoms with Gasteiger partial charge in [0.15, 0.2) is 9.84 Å². The van der Waals surface area contributed by atoms with E-state index in [0.29, 0.717) is 6.42 Å². The average molecular weight is 219 g/mol. The van der Waals surface area contributed by atoms with Gasteiger partial charge in [-0.25, -0.2) is 8.42 Å². The zero-order valence-corrected chi connectivity index (χ0v) is 9.35. The number of carbonyl (C=O) groups is 1. The minimum Gasteiger partial charge on any atom is -0.342 e. The van der Waals surface area contributed by atoms with Gasteiger partial charge in [-0.3, -0.25) is 4.79 Å². The van der Waals surface area contributed by atoms with Gasteiger partial charge in [0, 0.05) is 13.1 Å². The maximum absolute atomic E-state index is 11.5. The van der Waals surface area contributed by atoms with E-state index in [0.717, 1.165) is 25.9 Å². The molecule has 82 valence electrons. The van der Waals surface area contributed by atoms with Crippen molar-refractivity contribution in [3.8, 4) is 0 Å². The van der Waals surface area contributed by atoms with Gasteiger partial charge in [0.05, 0.1) is 5.75 Å². The number of sulfone groups is 1. The van der Waals surface area contributed by atoms with Crippen LogP contribution >= 0.6 is 0 Å². The van der Waals surface area contributed by atoms with Crippen molar-refractivity contribution in [3.63, 3.8) is 0 Å². The van der Waals surface area contributed by atoms with Gasteiger partial charge in [0.1, 0.15) is 5.75 Å². The molecule has 0 aromatic rings. The molecule has 0 radical (unpaired) electrons. The molecule has 1 fully saturated rings. The second kappa shape index (κ2) is 4.77. The zero-order chi connectivity index (χ0) is 10.6. The van der Waals surface area contributed by atoms with Crippen LogP contribution < -0.4 is 0 Å². The van der Waals surface area contributed by atoms with Gasteiger partial charge in [-0.1, -0.05) is 6.92 Å². The molecule has 1 aliphatic rings. The van der Waals surface area contributed by atoms with Gasteiger partial charge in [-0.15, -0.1) is 0 Å². The molecule has 1 aliphatic heterocycles. The van der Waals surface area contributed by atoms with Crippen LogP contribution in [0.1, 0.15) is 26.2 Å². The fourth-order valence-electron chi connectivity index (χ4n) is 1.63. The lowest BCUT2D eigenvalue weighted by molar-refractivity contribution is -0.127. The number of amides is 1. The summed E-state index contributed by atoms with van der Waals surface area (Å²) >= 11 is 0. The highest BCUT2D eigenvalue weighted by Gasteiger charge is 2.23.